The van der Waals surface area contributed by atoms with Crippen LogP contribution in [0.4, 0.5) is 0 Å². The molecule has 0 heterocycles. The molecule has 0 fully saturated rings. The average Bonchev–Trinajstić information content (AvgIpc) is 2.73. The van der Waals surface area contributed by atoms with E-state index in [2.05, 4.69) is 0 Å². The van der Waals surface area contributed by atoms with Gasteiger partial charge in [0, 0.05) is 26.7 Å². The number of methoxy groups -OCH3 is 3. The molecule has 2 aromatic rings. The van der Waals surface area contributed by atoms with E-state index in [4.69, 9.17) is 14.2 Å². The lowest BCUT2D eigenvalue weighted by Gasteiger charge is -2.22. The smallest absolute Gasteiger partial charge is 0.243 e. The Kier molecular flexibility index (Phi) is 7.46. The molecule has 2 aromatic carbocycles. The number of amides is 1. The lowest BCUT2D eigenvalue weighted by Crippen LogP contribution is -2.39. The summed E-state index contributed by atoms with van der Waals surface area (Å²) in [6.45, 7) is 0.0659. The summed E-state index contributed by atoms with van der Waals surface area (Å²) in [7, 11) is 3.60. The van der Waals surface area contributed by atoms with Gasteiger partial charge in [0.15, 0.2) is 11.5 Å². The molecule has 1 amide bonds. The standard InChI is InChI=1S/C20H26N2O6S/c1-21(13-15-6-8-16(26-3)9-7-15)20(23)14-22(2)29(24,25)17-10-11-18(27-4)19(12-17)28-5/h6-12H,13-14H2,1-5H3. The second-order valence-corrected chi connectivity index (χ2v) is 8.42. The monoisotopic (exact) mass is 422 g/mol. The van der Waals surface area contributed by atoms with E-state index in [1.165, 1.54) is 44.4 Å². The maximum Gasteiger partial charge on any atom is 0.243 e. The SMILES string of the molecule is COc1ccc(CN(C)C(=O)CN(C)S(=O)(=O)c2ccc(OC)c(OC)c2)cc1. The van der Waals surface area contributed by atoms with Gasteiger partial charge >= 0.3 is 0 Å². The molecule has 0 aliphatic rings. The van der Waals surface area contributed by atoms with Crippen LogP contribution in [-0.4, -0.2) is 65.5 Å². The molecule has 0 saturated carbocycles. The first-order valence-electron chi connectivity index (χ1n) is 8.78. The van der Waals surface area contributed by atoms with Crippen LogP contribution in [-0.2, 0) is 21.4 Å². The van der Waals surface area contributed by atoms with Crippen molar-refractivity contribution in [2.24, 2.45) is 0 Å². The fourth-order valence-electron chi connectivity index (χ4n) is 2.65. The summed E-state index contributed by atoms with van der Waals surface area (Å²) in [5.74, 6) is 1.12. The Morgan fingerprint density at radius 1 is 0.897 bits per heavy atom. The highest BCUT2D eigenvalue weighted by atomic mass is 32.2. The maximum absolute atomic E-state index is 12.8. The summed E-state index contributed by atoms with van der Waals surface area (Å²) in [4.78, 5) is 14.0. The molecular formula is C20H26N2O6S. The zero-order valence-electron chi connectivity index (χ0n) is 17.2. The second-order valence-electron chi connectivity index (χ2n) is 6.38. The highest BCUT2D eigenvalue weighted by Crippen LogP contribution is 2.30. The summed E-state index contributed by atoms with van der Waals surface area (Å²) >= 11 is 0. The lowest BCUT2D eigenvalue weighted by atomic mass is 10.2. The van der Waals surface area contributed by atoms with E-state index in [-0.39, 0.29) is 17.3 Å². The molecule has 0 aliphatic heterocycles. The Hall–Kier alpha value is -2.78. The van der Waals surface area contributed by atoms with E-state index in [1.54, 1.807) is 26.3 Å². The predicted octanol–water partition coefficient (Wildman–Crippen LogP) is 1.99. The Morgan fingerprint density at radius 3 is 2.07 bits per heavy atom. The molecule has 0 aromatic heterocycles. The van der Waals surface area contributed by atoms with E-state index < -0.39 is 10.0 Å². The molecule has 0 saturated heterocycles. The minimum Gasteiger partial charge on any atom is -0.497 e. The number of benzene rings is 2. The van der Waals surface area contributed by atoms with Gasteiger partial charge in [-0.05, 0) is 29.8 Å². The lowest BCUT2D eigenvalue weighted by molar-refractivity contribution is -0.130. The molecule has 0 atom stereocenters. The van der Waals surface area contributed by atoms with Crippen molar-refractivity contribution >= 4 is 15.9 Å². The number of sulfonamides is 1. The molecule has 158 valence electrons. The molecule has 0 spiro atoms. The third-order valence-electron chi connectivity index (χ3n) is 4.43. The molecular weight excluding hydrogens is 396 g/mol. The van der Waals surface area contributed by atoms with Crippen molar-refractivity contribution in [2.75, 3.05) is 42.0 Å². The van der Waals surface area contributed by atoms with Gasteiger partial charge in [0.1, 0.15) is 5.75 Å². The molecule has 8 nitrogen and oxygen atoms in total. The number of carbonyl (C=O) groups is 1. The van der Waals surface area contributed by atoms with E-state index in [0.717, 1.165) is 15.6 Å². The molecule has 0 unspecified atom stereocenters. The summed E-state index contributed by atoms with van der Waals surface area (Å²) in [6.07, 6.45) is 0. The minimum atomic E-state index is -3.87. The molecule has 0 radical (unpaired) electrons. The average molecular weight is 423 g/mol. The number of nitrogens with zero attached hydrogens (tertiary/aromatic N) is 2. The van der Waals surface area contributed by atoms with Crippen molar-refractivity contribution in [3.8, 4) is 17.2 Å². The van der Waals surface area contributed by atoms with Crippen molar-refractivity contribution in [1.29, 1.82) is 0 Å². The molecule has 0 N–H and O–H groups in total. The van der Waals surface area contributed by atoms with Crippen LogP contribution >= 0.6 is 0 Å². The first-order chi connectivity index (χ1) is 13.7. The number of ether oxygens (including phenoxy) is 3. The van der Waals surface area contributed by atoms with E-state index >= 15 is 0 Å². The Labute approximate surface area is 171 Å². The number of likely N-dealkylation sites (N-methyl/N-ethyl adjacent to an activating group) is 2. The van der Waals surface area contributed by atoms with Gasteiger partial charge in [-0.1, -0.05) is 12.1 Å². The quantitative estimate of drug-likeness (QED) is 0.614. The van der Waals surface area contributed by atoms with Crippen molar-refractivity contribution in [3.63, 3.8) is 0 Å². The van der Waals surface area contributed by atoms with E-state index in [9.17, 15) is 13.2 Å². The molecule has 0 aliphatic carbocycles. The molecule has 29 heavy (non-hydrogen) atoms. The highest BCUT2D eigenvalue weighted by Gasteiger charge is 2.25. The van der Waals surface area contributed by atoms with Crippen LogP contribution in [0.15, 0.2) is 47.4 Å². The topological polar surface area (TPSA) is 85.4 Å². The van der Waals surface area contributed by atoms with Crippen molar-refractivity contribution < 1.29 is 27.4 Å². The van der Waals surface area contributed by atoms with Gasteiger partial charge in [-0.25, -0.2) is 8.42 Å². The summed E-state index contributed by atoms with van der Waals surface area (Å²) in [5, 5.41) is 0. The van der Waals surface area contributed by atoms with Gasteiger partial charge < -0.3 is 19.1 Å². The third kappa shape index (κ3) is 5.39. The van der Waals surface area contributed by atoms with Crippen LogP contribution in [0, 0.1) is 0 Å². The summed E-state index contributed by atoms with van der Waals surface area (Å²) < 4.78 is 42.1. The Bertz CT molecular complexity index is 944. The van der Waals surface area contributed by atoms with Crippen LogP contribution in [0.5, 0.6) is 17.2 Å². The third-order valence-corrected chi connectivity index (χ3v) is 6.23. The number of rotatable bonds is 9. The predicted molar refractivity (Wildman–Crippen MR) is 109 cm³/mol. The van der Waals surface area contributed by atoms with Crippen molar-refractivity contribution in [2.45, 2.75) is 11.4 Å². The first kappa shape index (κ1) is 22.5. The zero-order valence-corrected chi connectivity index (χ0v) is 18.0. The fourth-order valence-corrected chi connectivity index (χ4v) is 3.78. The highest BCUT2D eigenvalue weighted by molar-refractivity contribution is 7.89. The van der Waals surface area contributed by atoms with E-state index in [0.29, 0.717) is 18.0 Å². The van der Waals surface area contributed by atoms with E-state index in [1.807, 2.05) is 12.1 Å². The zero-order chi connectivity index (χ0) is 21.6. The second kappa shape index (κ2) is 9.62. The Morgan fingerprint density at radius 2 is 1.52 bits per heavy atom. The number of hydrogen-bond donors (Lipinski definition) is 0. The van der Waals surface area contributed by atoms with Gasteiger partial charge in [-0.2, -0.15) is 4.31 Å². The van der Waals surface area contributed by atoms with Crippen molar-refractivity contribution in [1.82, 2.24) is 9.21 Å². The first-order valence-corrected chi connectivity index (χ1v) is 10.2. The van der Waals surface area contributed by atoms with Gasteiger partial charge in [0.05, 0.1) is 32.8 Å². The molecule has 2 rings (SSSR count). The summed E-state index contributed by atoms with van der Waals surface area (Å²) in [6, 6.07) is 11.6. The Balaban J connectivity index is 2.08. The van der Waals surface area contributed by atoms with Crippen LogP contribution in [0.3, 0.4) is 0 Å². The van der Waals surface area contributed by atoms with Crippen molar-refractivity contribution in [3.05, 3.63) is 48.0 Å². The normalized spacial score (nSPS) is 11.2. The van der Waals surface area contributed by atoms with Gasteiger partial charge in [0.2, 0.25) is 15.9 Å². The maximum atomic E-state index is 12.8. The fraction of sp³-hybridized carbons (Fsp3) is 0.350. The minimum absolute atomic E-state index is 0.0169. The summed E-state index contributed by atoms with van der Waals surface area (Å²) in [5.41, 5.74) is 0.909. The van der Waals surface area contributed by atoms with Gasteiger partial charge in [-0.15, -0.1) is 0 Å². The van der Waals surface area contributed by atoms with Crippen LogP contribution in [0.1, 0.15) is 5.56 Å². The van der Waals surface area contributed by atoms with Gasteiger partial charge in [-0.3, -0.25) is 4.79 Å². The van der Waals surface area contributed by atoms with Crippen LogP contribution < -0.4 is 14.2 Å². The number of carbonyl (C=O) groups excluding carboxylic acids is 1. The molecule has 9 heteroatoms. The van der Waals surface area contributed by atoms with Crippen LogP contribution in [0.25, 0.3) is 0 Å². The largest absolute Gasteiger partial charge is 0.497 e. The van der Waals surface area contributed by atoms with Crippen LogP contribution in [0.2, 0.25) is 0 Å². The van der Waals surface area contributed by atoms with Gasteiger partial charge in [0.25, 0.3) is 0 Å². The number of hydrogen-bond acceptors (Lipinski definition) is 6. The molecule has 0 bridgehead atoms.